The number of hydrogen-bond donors (Lipinski definition) is 1. The van der Waals surface area contributed by atoms with Crippen molar-refractivity contribution in [2.24, 2.45) is 5.92 Å². The van der Waals surface area contributed by atoms with Crippen molar-refractivity contribution < 1.29 is 16.8 Å². The second-order valence-corrected chi connectivity index (χ2v) is 9.74. The zero-order chi connectivity index (χ0) is 18.1. The van der Waals surface area contributed by atoms with Gasteiger partial charge in [0.1, 0.15) is 0 Å². The van der Waals surface area contributed by atoms with Crippen LogP contribution in [0.3, 0.4) is 0 Å². The van der Waals surface area contributed by atoms with Gasteiger partial charge < -0.3 is 0 Å². The Morgan fingerprint density at radius 2 is 1.84 bits per heavy atom. The zero-order valence-corrected chi connectivity index (χ0v) is 15.3. The Hall–Kier alpha value is -1.74. The van der Waals surface area contributed by atoms with Gasteiger partial charge in [-0.05, 0) is 35.2 Å². The second-order valence-electron chi connectivity index (χ2n) is 6.09. The summed E-state index contributed by atoms with van der Waals surface area (Å²) in [4.78, 5) is 0.263. The summed E-state index contributed by atoms with van der Waals surface area (Å²) in [7, 11) is -7.08. The van der Waals surface area contributed by atoms with Crippen LogP contribution in [0, 0.1) is 5.92 Å². The van der Waals surface area contributed by atoms with Gasteiger partial charge in [-0.2, -0.15) is 4.31 Å². The lowest BCUT2D eigenvalue weighted by Gasteiger charge is -2.17. The van der Waals surface area contributed by atoms with Crippen LogP contribution >= 0.6 is 0 Å². The van der Waals surface area contributed by atoms with E-state index in [0.717, 1.165) is 16.2 Å². The van der Waals surface area contributed by atoms with Gasteiger partial charge in [0.25, 0.3) is 0 Å². The average molecular weight is 380 g/mol. The van der Waals surface area contributed by atoms with Crippen LogP contribution in [0.25, 0.3) is 10.8 Å². The molecule has 2 aromatic rings. The Bertz CT molecular complexity index is 1000. The summed E-state index contributed by atoms with van der Waals surface area (Å²) >= 11 is 0. The molecule has 0 aromatic heterocycles. The van der Waals surface area contributed by atoms with E-state index in [4.69, 9.17) is 0 Å². The molecule has 134 valence electrons. The van der Waals surface area contributed by atoms with Crippen molar-refractivity contribution in [3.8, 4) is 0 Å². The topological polar surface area (TPSA) is 83.6 Å². The van der Waals surface area contributed by atoms with E-state index < -0.39 is 20.0 Å². The quantitative estimate of drug-likeness (QED) is 0.830. The molecule has 0 bridgehead atoms. The molecule has 1 fully saturated rings. The van der Waals surface area contributed by atoms with Gasteiger partial charge in [0.05, 0.1) is 4.90 Å². The number of nitrogens with one attached hydrogen (secondary N) is 1. The van der Waals surface area contributed by atoms with Crippen molar-refractivity contribution in [1.29, 1.82) is 0 Å². The minimum Gasteiger partial charge on any atom is -0.211 e. The first-order valence-corrected chi connectivity index (χ1v) is 10.9. The van der Waals surface area contributed by atoms with Crippen LogP contribution in [0.1, 0.15) is 6.42 Å². The molecule has 25 heavy (non-hydrogen) atoms. The maximum atomic E-state index is 12.9. The third-order valence-corrected chi connectivity index (χ3v) is 7.27. The molecule has 0 spiro atoms. The van der Waals surface area contributed by atoms with Crippen LogP contribution in [-0.4, -0.2) is 40.8 Å². The van der Waals surface area contributed by atoms with E-state index in [1.165, 1.54) is 4.31 Å². The fourth-order valence-electron chi connectivity index (χ4n) is 2.95. The normalized spacial score (nSPS) is 19.3. The van der Waals surface area contributed by atoms with Crippen molar-refractivity contribution in [1.82, 2.24) is 9.03 Å². The Balaban J connectivity index is 1.75. The molecule has 1 saturated heterocycles. The Labute approximate surface area is 148 Å². The minimum absolute atomic E-state index is 0.0510. The van der Waals surface area contributed by atoms with E-state index in [2.05, 4.69) is 11.3 Å². The summed E-state index contributed by atoms with van der Waals surface area (Å²) in [5, 5.41) is 2.71. The summed E-state index contributed by atoms with van der Waals surface area (Å²) in [5.41, 5.74) is 0. The first-order valence-electron chi connectivity index (χ1n) is 7.93. The van der Waals surface area contributed by atoms with E-state index in [1.807, 2.05) is 24.3 Å². The highest BCUT2D eigenvalue weighted by Crippen LogP contribution is 2.26. The molecule has 3 rings (SSSR count). The molecule has 8 heteroatoms. The molecule has 0 aliphatic carbocycles. The van der Waals surface area contributed by atoms with E-state index >= 15 is 0 Å². The summed E-state index contributed by atoms with van der Waals surface area (Å²) in [6.07, 6.45) is 0.618. The molecule has 1 aliphatic heterocycles. The summed E-state index contributed by atoms with van der Waals surface area (Å²) in [6, 6.07) is 12.7. The van der Waals surface area contributed by atoms with Gasteiger partial charge in [-0.3, -0.25) is 0 Å². The molecule has 1 atom stereocenters. The number of nitrogens with zero attached hydrogens (tertiary/aromatic N) is 1. The maximum Gasteiger partial charge on any atom is 0.243 e. The number of fused-ring (bicyclic) bond motifs is 1. The van der Waals surface area contributed by atoms with Crippen molar-refractivity contribution in [3.05, 3.63) is 54.5 Å². The summed E-state index contributed by atoms with van der Waals surface area (Å²) < 4.78 is 52.4. The first-order chi connectivity index (χ1) is 11.8. The lowest BCUT2D eigenvalue weighted by atomic mass is 10.1. The fraction of sp³-hybridized carbons (Fsp3) is 0.294. The predicted octanol–water partition coefficient (Wildman–Crippen LogP) is 1.91. The Morgan fingerprint density at radius 3 is 2.56 bits per heavy atom. The number of hydrogen-bond acceptors (Lipinski definition) is 4. The average Bonchev–Trinajstić information content (AvgIpc) is 3.09. The zero-order valence-electron chi connectivity index (χ0n) is 13.6. The molecule has 0 saturated carbocycles. The summed E-state index contributed by atoms with van der Waals surface area (Å²) in [5.74, 6) is -0.0510. The molecule has 1 aliphatic rings. The lowest BCUT2D eigenvalue weighted by molar-refractivity contribution is 0.455. The van der Waals surface area contributed by atoms with E-state index in [9.17, 15) is 16.8 Å². The SMILES string of the molecule is C=CS(=O)(=O)NCC1CCN(S(=O)(=O)c2ccc3ccccc3c2)C1. The molecule has 2 aromatic carbocycles. The first kappa shape index (κ1) is 18.1. The lowest BCUT2D eigenvalue weighted by Crippen LogP contribution is -2.32. The van der Waals surface area contributed by atoms with Crippen LogP contribution in [-0.2, 0) is 20.0 Å². The standard InChI is InChI=1S/C17H20N2O4S2/c1-2-24(20,21)18-12-14-9-10-19(13-14)25(22,23)17-8-7-15-5-3-4-6-16(15)11-17/h2-8,11,14,18H,1,9-10,12-13H2. The third kappa shape index (κ3) is 3.92. The van der Waals surface area contributed by atoms with Gasteiger partial charge in [0.2, 0.25) is 20.0 Å². The highest BCUT2D eigenvalue weighted by Gasteiger charge is 2.32. The molecule has 0 amide bonds. The Morgan fingerprint density at radius 1 is 1.12 bits per heavy atom. The van der Waals surface area contributed by atoms with Crippen LogP contribution in [0.2, 0.25) is 0 Å². The largest absolute Gasteiger partial charge is 0.243 e. The van der Waals surface area contributed by atoms with Crippen molar-refractivity contribution in [2.75, 3.05) is 19.6 Å². The van der Waals surface area contributed by atoms with E-state index in [-0.39, 0.29) is 17.4 Å². The van der Waals surface area contributed by atoms with Crippen LogP contribution in [0.15, 0.2) is 59.3 Å². The molecule has 6 nitrogen and oxygen atoms in total. The minimum atomic E-state index is -3.59. The third-order valence-electron chi connectivity index (χ3n) is 4.40. The highest BCUT2D eigenvalue weighted by atomic mass is 32.2. The van der Waals surface area contributed by atoms with Crippen molar-refractivity contribution in [3.63, 3.8) is 0 Å². The maximum absolute atomic E-state index is 12.9. The molecule has 0 radical (unpaired) electrons. The van der Waals surface area contributed by atoms with Gasteiger partial charge in [0.15, 0.2) is 0 Å². The van der Waals surface area contributed by atoms with Gasteiger partial charge in [0, 0.05) is 25.0 Å². The molecule has 1 unspecified atom stereocenters. The monoisotopic (exact) mass is 380 g/mol. The van der Waals surface area contributed by atoms with Gasteiger partial charge in [-0.1, -0.05) is 36.9 Å². The van der Waals surface area contributed by atoms with Crippen molar-refractivity contribution >= 4 is 30.8 Å². The predicted molar refractivity (Wildman–Crippen MR) is 97.9 cm³/mol. The number of sulfonamides is 2. The van der Waals surface area contributed by atoms with Crippen molar-refractivity contribution in [2.45, 2.75) is 11.3 Å². The molecular formula is C17H20N2O4S2. The smallest absolute Gasteiger partial charge is 0.211 e. The number of benzene rings is 2. The van der Waals surface area contributed by atoms with Crippen LogP contribution in [0.4, 0.5) is 0 Å². The van der Waals surface area contributed by atoms with Crippen LogP contribution in [0.5, 0.6) is 0 Å². The number of rotatable bonds is 6. The van der Waals surface area contributed by atoms with E-state index in [0.29, 0.717) is 19.5 Å². The van der Waals surface area contributed by atoms with Gasteiger partial charge >= 0.3 is 0 Å². The highest BCUT2D eigenvalue weighted by molar-refractivity contribution is 7.92. The van der Waals surface area contributed by atoms with Gasteiger partial charge in [-0.15, -0.1) is 0 Å². The molecule has 1 heterocycles. The van der Waals surface area contributed by atoms with Crippen LogP contribution < -0.4 is 4.72 Å². The fourth-order valence-corrected chi connectivity index (χ4v) is 5.10. The Kier molecular flexibility index (Phi) is 4.97. The molecule has 1 N–H and O–H groups in total. The molecular weight excluding hydrogens is 360 g/mol. The summed E-state index contributed by atoms with van der Waals surface area (Å²) in [6.45, 7) is 4.13. The second kappa shape index (κ2) is 6.87. The van der Waals surface area contributed by atoms with E-state index in [1.54, 1.807) is 18.2 Å². The van der Waals surface area contributed by atoms with Gasteiger partial charge in [-0.25, -0.2) is 21.6 Å².